The van der Waals surface area contributed by atoms with E-state index in [4.69, 9.17) is 17.3 Å². The SMILES string of the molecule is CC(N)C1CCN(Cc2ccc(Cl)cc2)C1. The minimum absolute atomic E-state index is 0.315. The summed E-state index contributed by atoms with van der Waals surface area (Å²) in [5.74, 6) is 0.660. The van der Waals surface area contributed by atoms with Gasteiger partial charge in [0.05, 0.1) is 0 Å². The predicted molar refractivity (Wildman–Crippen MR) is 68.5 cm³/mol. The van der Waals surface area contributed by atoms with Gasteiger partial charge in [-0.3, -0.25) is 4.90 Å². The first-order valence-corrected chi connectivity index (χ1v) is 6.25. The Balaban J connectivity index is 1.89. The van der Waals surface area contributed by atoms with Gasteiger partial charge in [0, 0.05) is 24.2 Å². The van der Waals surface area contributed by atoms with Crippen molar-refractivity contribution in [3.8, 4) is 0 Å². The third-order valence-electron chi connectivity index (χ3n) is 3.37. The number of benzene rings is 1. The average molecular weight is 239 g/mol. The zero-order valence-electron chi connectivity index (χ0n) is 9.70. The molecule has 16 heavy (non-hydrogen) atoms. The van der Waals surface area contributed by atoms with Crippen LogP contribution in [0.4, 0.5) is 0 Å². The first kappa shape index (κ1) is 11.9. The van der Waals surface area contributed by atoms with Gasteiger partial charge >= 0.3 is 0 Å². The Hall–Kier alpha value is -0.570. The quantitative estimate of drug-likeness (QED) is 0.877. The monoisotopic (exact) mass is 238 g/mol. The summed E-state index contributed by atoms with van der Waals surface area (Å²) in [5, 5.41) is 0.804. The molecule has 2 rings (SSSR count). The van der Waals surface area contributed by atoms with Crippen LogP contribution in [-0.4, -0.2) is 24.0 Å². The predicted octanol–water partition coefficient (Wildman–Crippen LogP) is 2.51. The number of nitrogens with two attached hydrogens (primary N) is 1. The van der Waals surface area contributed by atoms with Crippen LogP contribution >= 0.6 is 11.6 Å². The van der Waals surface area contributed by atoms with E-state index in [-0.39, 0.29) is 0 Å². The van der Waals surface area contributed by atoms with Crippen LogP contribution in [0.3, 0.4) is 0 Å². The highest BCUT2D eigenvalue weighted by molar-refractivity contribution is 6.30. The van der Waals surface area contributed by atoms with Crippen molar-refractivity contribution < 1.29 is 0 Å². The summed E-state index contributed by atoms with van der Waals surface area (Å²) < 4.78 is 0. The third kappa shape index (κ3) is 2.97. The zero-order valence-corrected chi connectivity index (χ0v) is 10.5. The van der Waals surface area contributed by atoms with Crippen LogP contribution in [0.5, 0.6) is 0 Å². The van der Waals surface area contributed by atoms with Crippen molar-refractivity contribution in [1.82, 2.24) is 4.90 Å². The van der Waals surface area contributed by atoms with Gasteiger partial charge < -0.3 is 5.73 Å². The van der Waals surface area contributed by atoms with Crippen molar-refractivity contribution in [3.05, 3.63) is 34.9 Å². The molecule has 0 aromatic heterocycles. The molecule has 2 nitrogen and oxygen atoms in total. The van der Waals surface area contributed by atoms with Crippen molar-refractivity contribution in [2.45, 2.75) is 25.9 Å². The first-order valence-electron chi connectivity index (χ1n) is 5.87. The van der Waals surface area contributed by atoms with Gasteiger partial charge in [0.15, 0.2) is 0 Å². The van der Waals surface area contributed by atoms with Crippen molar-refractivity contribution in [2.75, 3.05) is 13.1 Å². The van der Waals surface area contributed by atoms with Crippen LogP contribution in [0.1, 0.15) is 18.9 Å². The Kier molecular flexibility index (Phi) is 3.85. The van der Waals surface area contributed by atoms with Crippen molar-refractivity contribution >= 4 is 11.6 Å². The lowest BCUT2D eigenvalue weighted by molar-refractivity contribution is 0.308. The molecular formula is C13H19ClN2. The van der Waals surface area contributed by atoms with Crippen LogP contribution in [0, 0.1) is 5.92 Å². The maximum Gasteiger partial charge on any atom is 0.0406 e. The second kappa shape index (κ2) is 5.17. The van der Waals surface area contributed by atoms with E-state index in [9.17, 15) is 0 Å². The molecule has 1 aromatic rings. The number of hydrogen-bond donors (Lipinski definition) is 1. The molecule has 0 amide bonds. The second-order valence-electron chi connectivity index (χ2n) is 4.77. The maximum absolute atomic E-state index is 5.93. The fourth-order valence-corrected chi connectivity index (χ4v) is 2.41. The molecule has 2 unspecified atom stereocenters. The van der Waals surface area contributed by atoms with Crippen LogP contribution in [-0.2, 0) is 6.54 Å². The van der Waals surface area contributed by atoms with Gasteiger partial charge in [-0.05, 0) is 43.5 Å². The van der Waals surface area contributed by atoms with Crippen molar-refractivity contribution in [3.63, 3.8) is 0 Å². The van der Waals surface area contributed by atoms with Crippen LogP contribution in [0.15, 0.2) is 24.3 Å². The lowest BCUT2D eigenvalue weighted by atomic mass is 10.0. The lowest BCUT2D eigenvalue weighted by Crippen LogP contribution is -2.29. The van der Waals surface area contributed by atoms with Crippen LogP contribution < -0.4 is 5.73 Å². The fraction of sp³-hybridized carbons (Fsp3) is 0.538. The first-order chi connectivity index (χ1) is 7.65. The number of likely N-dealkylation sites (tertiary alicyclic amines) is 1. The van der Waals surface area contributed by atoms with Gasteiger partial charge in [0.25, 0.3) is 0 Å². The molecule has 0 aliphatic carbocycles. The Morgan fingerprint density at radius 1 is 1.44 bits per heavy atom. The normalized spacial score (nSPS) is 23.6. The molecule has 1 aliphatic rings. The molecule has 2 N–H and O–H groups in total. The summed E-state index contributed by atoms with van der Waals surface area (Å²) >= 11 is 5.86. The smallest absolute Gasteiger partial charge is 0.0406 e. The van der Waals surface area contributed by atoms with E-state index in [1.165, 1.54) is 12.0 Å². The minimum atomic E-state index is 0.315. The number of nitrogens with zero attached hydrogens (tertiary/aromatic N) is 1. The van der Waals surface area contributed by atoms with Crippen LogP contribution in [0.2, 0.25) is 5.02 Å². The molecule has 1 fully saturated rings. The third-order valence-corrected chi connectivity index (χ3v) is 3.62. The number of hydrogen-bond acceptors (Lipinski definition) is 2. The van der Waals surface area contributed by atoms with Gasteiger partial charge in [-0.2, -0.15) is 0 Å². The molecule has 88 valence electrons. The summed E-state index contributed by atoms with van der Waals surface area (Å²) in [4.78, 5) is 2.47. The molecule has 1 aromatic carbocycles. The molecule has 0 radical (unpaired) electrons. The molecular weight excluding hydrogens is 220 g/mol. The fourth-order valence-electron chi connectivity index (χ4n) is 2.28. The van der Waals surface area contributed by atoms with E-state index in [0.717, 1.165) is 24.7 Å². The zero-order chi connectivity index (χ0) is 11.5. The largest absolute Gasteiger partial charge is 0.328 e. The Morgan fingerprint density at radius 3 is 2.69 bits per heavy atom. The van der Waals surface area contributed by atoms with E-state index >= 15 is 0 Å². The van der Waals surface area contributed by atoms with Gasteiger partial charge in [-0.25, -0.2) is 0 Å². The van der Waals surface area contributed by atoms with Gasteiger partial charge in [0.1, 0.15) is 0 Å². The molecule has 0 saturated carbocycles. The highest BCUT2D eigenvalue weighted by Crippen LogP contribution is 2.21. The maximum atomic E-state index is 5.93. The van der Waals surface area contributed by atoms with Crippen LogP contribution in [0.25, 0.3) is 0 Å². The average Bonchev–Trinajstić information content (AvgIpc) is 2.70. The van der Waals surface area contributed by atoms with Crippen molar-refractivity contribution in [1.29, 1.82) is 0 Å². The number of rotatable bonds is 3. The Labute approximate surface area is 102 Å². The summed E-state index contributed by atoms with van der Waals surface area (Å²) in [6, 6.07) is 8.42. The van der Waals surface area contributed by atoms with Gasteiger partial charge in [-0.15, -0.1) is 0 Å². The molecule has 1 heterocycles. The van der Waals surface area contributed by atoms with Gasteiger partial charge in [0.2, 0.25) is 0 Å². The summed E-state index contributed by atoms with van der Waals surface area (Å²) in [5.41, 5.74) is 7.26. The Morgan fingerprint density at radius 2 is 2.12 bits per heavy atom. The summed E-state index contributed by atoms with van der Waals surface area (Å²) in [6.45, 7) is 5.41. The molecule has 3 heteroatoms. The van der Waals surface area contributed by atoms with E-state index in [1.807, 2.05) is 12.1 Å². The highest BCUT2D eigenvalue weighted by Gasteiger charge is 2.24. The highest BCUT2D eigenvalue weighted by atomic mass is 35.5. The molecule has 2 atom stereocenters. The Bertz CT molecular complexity index is 334. The van der Waals surface area contributed by atoms with E-state index < -0.39 is 0 Å². The van der Waals surface area contributed by atoms with Crippen molar-refractivity contribution in [2.24, 2.45) is 11.7 Å². The van der Waals surface area contributed by atoms with Gasteiger partial charge in [-0.1, -0.05) is 23.7 Å². The summed E-state index contributed by atoms with van der Waals surface area (Å²) in [7, 11) is 0. The number of halogens is 1. The standard InChI is InChI=1S/C13H19ClN2/c1-10(15)12-6-7-16(9-12)8-11-2-4-13(14)5-3-11/h2-5,10,12H,6-9,15H2,1H3. The van der Waals surface area contributed by atoms with E-state index in [2.05, 4.69) is 24.0 Å². The lowest BCUT2D eigenvalue weighted by Gasteiger charge is -2.17. The van der Waals surface area contributed by atoms with E-state index in [0.29, 0.717) is 12.0 Å². The second-order valence-corrected chi connectivity index (χ2v) is 5.21. The topological polar surface area (TPSA) is 29.3 Å². The molecule has 0 bridgehead atoms. The van der Waals surface area contributed by atoms with E-state index in [1.54, 1.807) is 0 Å². The molecule has 1 aliphatic heterocycles. The summed E-state index contributed by atoms with van der Waals surface area (Å²) in [6.07, 6.45) is 1.23. The molecule has 0 spiro atoms. The molecule has 1 saturated heterocycles. The minimum Gasteiger partial charge on any atom is -0.328 e.